The van der Waals surface area contributed by atoms with Crippen LogP contribution in [0.4, 0.5) is 11.6 Å². The number of para-hydroxylation sites is 1. The predicted molar refractivity (Wildman–Crippen MR) is 116 cm³/mol. The van der Waals surface area contributed by atoms with Crippen molar-refractivity contribution in [3.8, 4) is 5.88 Å². The third kappa shape index (κ3) is 4.44. The third-order valence-electron chi connectivity index (χ3n) is 4.61. The number of amides is 1. The lowest BCUT2D eigenvalue weighted by Crippen LogP contribution is -2.34. The van der Waals surface area contributed by atoms with E-state index >= 15 is 0 Å². The van der Waals surface area contributed by atoms with Crippen LogP contribution in [0.15, 0.2) is 24.4 Å². The number of carbonyl (C=O) groups is 1. The summed E-state index contributed by atoms with van der Waals surface area (Å²) in [5, 5.41) is 5.30. The zero-order valence-corrected chi connectivity index (χ0v) is 17.5. The zero-order valence-electron chi connectivity index (χ0n) is 16.0. The standard InChI is InChI=1S/C19H21Cl2N7O2/c20-12-2-1-3-13(21)16(12)25-17(29)14-15(10-8-24-28(9-10)7-6-22)26-19(23)27-18(14)30-11-4-5-11/h1-3,8,11,24H,4-7,9,22H2,(H,25,29)(H2,23,26,27). The first-order valence-corrected chi connectivity index (χ1v) is 10.2. The monoisotopic (exact) mass is 449 g/mol. The van der Waals surface area contributed by atoms with E-state index in [0.717, 1.165) is 18.4 Å². The molecule has 9 nitrogen and oxygen atoms in total. The minimum atomic E-state index is -0.492. The van der Waals surface area contributed by atoms with Crippen molar-refractivity contribution in [1.82, 2.24) is 20.4 Å². The topological polar surface area (TPSA) is 131 Å². The summed E-state index contributed by atoms with van der Waals surface area (Å²) in [6.45, 7) is 1.60. The molecule has 30 heavy (non-hydrogen) atoms. The molecule has 0 saturated heterocycles. The van der Waals surface area contributed by atoms with Crippen LogP contribution in [0.5, 0.6) is 5.88 Å². The maximum atomic E-state index is 13.3. The Hall–Kier alpha value is -2.59. The fraction of sp³-hybridized carbons (Fsp3) is 0.316. The zero-order chi connectivity index (χ0) is 21.3. The molecule has 4 rings (SSSR count). The lowest BCUT2D eigenvalue weighted by molar-refractivity contribution is 0.102. The molecular weight excluding hydrogens is 429 g/mol. The van der Waals surface area contributed by atoms with Crippen LogP contribution in [0.2, 0.25) is 10.0 Å². The molecule has 1 aromatic carbocycles. The van der Waals surface area contributed by atoms with Gasteiger partial charge in [-0.15, -0.1) is 0 Å². The van der Waals surface area contributed by atoms with E-state index in [1.54, 1.807) is 24.4 Å². The number of carbonyl (C=O) groups excluding carboxylic acids is 1. The number of rotatable bonds is 7. The highest BCUT2D eigenvalue weighted by molar-refractivity contribution is 6.40. The third-order valence-corrected chi connectivity index (χ3v) is 5.24. The van der Waals surface area contributed by atoms with Gasteiger partial charge in [-0.25, -0.2) is 9.99 Å². The van der Waals surface area contributed by atoms with E-state index in [1.807, 2.05) is 5.01 Å². The molecule has 6 N–H and O–H groups in total. The molecule has 0 radical (unpaired) electrons. The van der Waals surface area contributed by atoms with Gasteiger partial charge in [0.2, 0.25) is 11.8 Å². The second kappa shape index (κ2) is 8.65. The number of nitrogens with one attached hydrogen (secondary N) is 2. The highest BCUT2D eigenvalue weighted by Gasteiger charge is 2.31. The van der Waals surface area contributed by atoms with E-state index in [0.29, 0.717) is 41.1 Å². The summed E-state index contributed by atoms with van der Waals surface area (Å²) in [5.74, 6) is -0.334. The maximum absolute atomic E-state index is 13.3. The summed E-state index contributed by atoms with van der Waals surface area (Å²) in [4.78, 5) is 21.9. The highest BCUT2D eigenvalue weighted by atomic mass is 35.5. The Morgan fingerprint density at radius 3 is 2.70 bits per heavy atom. The van der Waals surface area contributed by atoms with Gasteiger partial charge in [0.05, 0.1) is 21.4 Å². The predicted octanol–water partition coefficient (Wildman–Crippen LogP) is 2.28. The number of nitrogen functional groups attached to an aromatic ring is 1. The summed E-state index contributed by atoms with van der Waals surface area (Å²) < 4.78 is 5.89. The van der Waals surface area contributed by atoms with Gasteiger partial charge >= 0.3 is 0 Å². The van der Waals surface area contributed by atoms with Gasteiger partial charge in [-0.05, 0) is 25.0 Å². The van der Waals surface area contributed by atoms with Gasteiger partial charge < -0.3 is 26.9 Å². The second-order valence-corrected chi connectivity index (χ2v) is 7.80. The van der Waals surface area contributed by atoms with E-state index < -0.39 is 5.91 Å². The van der Waals surface area contributed by atoms with Crippen molar-refractivity contribution in [1.29, 1.82) is 0 Å². The summed E-state index contributed by atoms with van der Waals surface area (Å²) in [7, 11) is 0. The van der Waals surface area contributed by atoms with Crippen molar-refractivity contribution in [3.05, 3.63) is 45.7 Å². The van der Waals surface area contributed by atoms with Gasteiger partial charge in [-0.1, -0.05) is 29.3 Å². The number of hydrazine groups is 1. The van der Waals surface area contributed by atoms with Gasteiger partial charge in [0.1, 0.15) is 11.7 Å². The quantitative estimate of drug-likeness (QED) is 0.505. The molecule has 2 heterocycles. The molecule has 11 heteroatoms. The van der Waals surface area contributed by atoms with Gasteiger partial charge in [0.25, 0.3) is 5.91 Å². The average Bonchev–Trinajstić information content (AvgIpc) is 3.39. The minimum absolute atomic E-state index is 0.00650. The van der Waals surface area contributed by atoms with Crippen molar-refractivity contribution in [2.75, 3.05) is 30.7 Å². The number of hydrogen-bond donors (Lipinski definition) is 4. The Morgan fingerprint density at radius 2 is 2.03 bits per heavy atom. The molecule has 0 bridgehead atoms. The Morgan fingerprint density at radius 1 is 1.30 bits per heavy atom. The molecule has 158 valence electrons. The van der Waals surface area contributed by atoms with E-state index in [2.05, 4.69) is 20.7 Å². The van der Waals surface area contributed by atoms with E-state index in [1.165, 1.54) is 0 Å². The highest BCUT2D eigenvalue weighted by Crippen LogP contribution is 2.35. The molecule has 1 aliphatic heterocycles. The lowest BCUT2D eigenvalue weighted by Gasteiger charge is -2.17. The first-order chi connectivity index (χ1) is 14.5. The molecule has 1 amide bonds. The van der Waals surface area contributed by atoms with Crippen LogP contribution < -0.4 is 26.9 Å². The van der Waals surface area contributed by atoms with Crippen LogP contribution in [-0.2, 0) is 0 Å². The number of benzene rings is 1. The average molecular weight is 450 g/mol. The van der Waals surface area contributed by atoms with Gasteiger partial charge in [-0.2, -0.15) is 4.98 Å². The summed E-state index contributed by atoms with van der Waals surface area (Å²) in [6.07, 6.45) is 3.56. The van der Waals surface area contributed by atoms with Gasteiger partial charge in [-0.3, -0.25) is 4.79 Å². The number of nitrogens with two attached hydrogens (primary N) is 2. The van der Waals surface area contributed by atoms with Gasteiger partial charge in [0, 0.05) is 31.4 Å². The number of nitrogens with zero attached hydrogens (tertiary/aromatic N) is 3. The molecule has 0 atom stereocenters. The molecule has 1 aromatic heterocycles. The lowest BCUT2D eigenvalue weighted by atomic mass is 10.1. The molecular formula is C19H21Cl2N7O2. The number of hydrogen-bond acceptors (Lipinski definition) is 8. The number of anilines is 2. The SMILES string of the molecule is NCCN1CC(c2nc(N)nc(OC3CC3)c2C(=O)Nc2c(Cl)cccc2Cl)=CN1. The number of ether oxygens (including phenoxy) is 1. The molecule has 0 spiro atoms. The van der Waals surface area contributed by atoms with Gasteiger partial charge in [0.15, 0.2) is 0 Å². The smallest absolute Gasteiger partial charge is 0.263 e. The number of aromatic nitrogens is 2. The van der Waals surface area contributed by atoms with Crippen LogP contribution in [-0.4, -0.2) is 46.6 Å². The Bertz CT molecular complexity index is 990. The fourth-order valence-electron chi connectivity index (χ4n) is 3.02. The van der Waals surface area contributed by atoms with E-state index in [9.17, 15) is 4.79 Å². The van der Waals surface area contributed by atoms with Crippen LogP contribution >= 0.6 is 23.2 Å². The Kier molecular flexibility index (Phi) is 5.96. The van der Waals surface area contributed by atoms with E-state index in [4.69, 9.17) is 39.4 Å². The van der Waals surface area contributed by atoms with Crippen molar-refractivity contribution in [2.24, 2.45) is 5.73 Å². The van der Waals surface area contributed by atoms with Crippen molar-refractivity contribution >= 4 is 46.3 Å². The van der Waals surface area contributed by atoms with Crippen molar-refractivity contribution in [3.63, 3.8) is 0 Å². The first-order valence-electron chi connectivity index (χ1n) is 9.46. The minimum Gasteiger partial charge on any atom is -0.474 e. The first kappa shape index (κ1) is 20.7. The Balaban J connectivity index is 1.73. The van der Waals surface area contributed by atoms with E-state index in [-0.39, 0.29) is 23.5 Å². The van der Waals surface area contributed by atoms with Crippen LogP contribution in [0.3, 0.4) is 0 Å². The largest absolute Gasteiger partial charge is 0.474 e. The molecule has 2 aromatic rings. The van der Waals surface area contributed by atoms with Crippen LogP contribution in [0.1, 0.15) is 28.9 Å². The fourth-order valence-corrected chi connectivity index (χ4v) is 3.52. The molecule has 2 aliphatic rings. The molecule has 0 unspecified atom stereocenters. The summed E-state index contributed by atoms with van der Waals surface area (Å²) in [5.41, 5.74) is 16.3. The Labute approximate surface area is 183 Å². The number of halogens is 2. The molecule has 1 fully saturated rings. The molecule has 1 aliphatic carbocycles. The second-order valence-electron chi connectivity index (χ2n) is 6.99. The normalized spacial score (nSPS) is 16.2. The van der Waals surface area contributed by atoms with Crippen LogP contribution in [0.25, 0.3) is 5.57 Å². The van der Waals surface area contributed by atoms with Crippen molar-refractivity contribution in [2.45, 2.75) is 18.9 Å². The van der Waals surface area contributed by atoms with Crippen molar-refractivity contribution < 1.29 is 9.53 Å². The summed E-state index contributed by atoms with van der Waals surface area (Å²) >= 11 is 12.4. The van der Waals surface area contributed by atoms with Crippen LogP contribution in [0, 0.1) is 0 Å². The maximum Gasteiger partial charge on any atom is 0.263 e. The summed E-state index contributed by atoms with van der Waals surface area (Å²) in [6, 6.07) is 4.97. The molecule has 1 saturated carbocycles.